The van der Waals surface area contributed by atoms with Gasteiger partial charge in [0.1, 0.15) is 0 Å². The maximum atomic E-state index is 3.62. The van der Waals surface area contributed by atoms with E-state index in [0.29, 0.717) is 6.04 Å². The van der Waals surface area contributed by atoms with Gasteiger partial charge in [0, 0.05) is 10.9 Å². The molecule has 17 heavy (non-hydrogen) atoms. The SMILES string of the molecule is CCCCCCCC(NCC)c1ccsc1C. The average Bonchev–Trinajstić information content (AvgIpc) is 2.74. The highest BCUT2D eigenvalue weighted by Gasteiger charge is 2.12. The van der Waals surface area contributed by atoms with Crippen molar-refractivity contribution in [2.75, 3.05) is 6.54 Å². The summed E-state index contributed by atoms with van der Waals surface area (Å²) in [5.74, 6) is 0. The summed E-state index contributed by atoms with van der Waals surface area (Å²) in [5, 5.41) is 5.84. The lowest BCUT2D eigenvalue weighted by Gasteiger charge is -2.18. The number of hydrogen-bond acceptors (Lipinski definition) is 2. The van der Waals surface area contributed by atoms with Gasteiger partial charge in [-0.15, -0.1) is 11.3 Å². The Morgan fingerprint density at radius 3 is 2.53 bits per heavy atom. The first-order valence-corrected chi connectivity index (χ1v) is 7.94. The monoisotopic (exact) mass is 253 g/mol. The van der Waals surface area contributed by atoms with Crippen LogP contribution in [0.2, 0.25) is 0 Å². The third-order valence-electron chi connectivity index (χ3n) is 3.32. The summed E-state index contributed by atoms with van der Waals surface area (Å²) < 4.78 is 0. The fraction of sp³-hybridized carbons (Fsp3) is 0.733. The van der Waals surface area contributed by atoms with Crippen LogP contribution < -0.4 is 5.32 Å². The molecule has 1 N–H and O–H groups in total. The van der Waals surface area contributed by atoms with Gasteiger partial charge in [-0.05, 0) is 36.9 Å². The lowest BCUT2D eigenvalue weighted by atomic mass is 10.0. The number of unbranched alkanes of at least 4 members (excludes halogenated alkanes) is 4. The van der Waals surface area contributed by atoms with Crippen LogP contribution in [0.5, 0.6) is 0 Å². The second-order valence-corrected chi connectivity index (χ2v) is 5.87. The highest BCUT2D eigenvalue weighted by atomic mass is 32.1. The minimum atomic E-state index is 0.577. The predicted molar refractivity (Wildman–Crippen MR) is 78.8 cm³/mol. The van der Waals surface area contributed by atoms with Crippen molar-refractivity contribution in [1.82, 2.24) is 5.32 Å². The van der Waals surface area contributed by atoms with Crippen molar-refractivity contribution < 1.29 is 0 Å². The first kappa shape index (κ1) is 14.7. The van der Waals surface area contributed by atoms with Crippen molar-refractivity contribution >= 4 is 11.3 Å². The zero-order chi connectivity index (χ0) is 12.5. The van der Waals surface area contributed by atoms with Gasteiger partial charge in [0.15, 0.2) is 0 Å². The summed E-state index contributed by atoms with van der Waals surface area (Å²) in [6.45, 7) is 7.78. The molecule has 0 saturated heterocycles. The summed E-state index contributed by atoms with van der Waals surface area (Å²) in [4.78, 5) is 1.48. The zero-order valence-electron chi connectivity index (χ0n) is 11.6. The van der Waals surface area contributed by atoms with E-state index in [1.54, 1.807) is 0 Å². The van der Waals surface area contributed by atoms with Gasteiger partial charge in [-0.25, -0.2) is 0 Å². The molecule has 0 amide bonds. The van der Waals surface area contributed by atoms with E-state index >= 15 is 0 Å². The van der Waals surface area contributed by atoms with Crippen LogP contribution in [-0.2, 0) is 0 Å². The summed E-state index contributed by atoms with van der Waals surface area (Å²) in [6.07, 6.45) is 8.16. The Balaban J connectivity index is 2.36. The van der Waals surface area contributed by atoms with Crippen molar-refractivity contribution in [3.05, 3.63) is 21.9 Å². The van der Waals surface area contributed by atoms with E-state index in [-0.39, 0.29) is 0 Å². The Bertz CT molecular complexity index is 293. The number of nitrogens with one attached hydrogen (secondary N) is 1. The third-order valence-corrected chi connectivity index (χ3v) is 4.18. The van der Waals surface area contributed by atoms with E-state index in [0.717, 1.165) is 6.54 Å². The average molecular weight is 253 g/mol. The van der Waals surface area contributed by atoms with Crippen LogP contribution in [0, 0.1) is 6.92 Å². The van der Waals surface area contributed by atoms with E-state index in [1.165, 1.54) is 49.0 Å². The normalized spacial score (nSPS) is 12.9. The molecule has 0 fully saturated rings. The molecule has 0 bridgehead atoms. The first-order chi connectivity index (χ1) is 8.29. The Hall–Kier alpha value is -0.340. The predicted octanol–water partition coefficient (Wildman–Crippen LogP) is 5.07. The molecular formula is C15H27NS. The topological polar surface area (TPSA) is 12.0 Å². The largest absolute Gasteiger partial charge is 0.310 e. The molecule has 1 aromatic heterocycles. The Morgan fingerprint density at radius 1 is 1.18 bits per heavy atom. The fourth-order valence-electron chi connectivity index (χ4n) is 2.32. The van der Waals surface area contributed by atoms with Crippen molar-refractivity contribution in [1.29, 1.82) is 0 Å². The highest BCUT2D eigenvalue weighted by molar-refractivity contribution is 7.10. The van der Waals surface area contributed by atoms with Crippen molar-refractivity contribution in [2.24, 2.45) is 0 Å². The molecule has 1 aromatic rings. The lowest BCUT2D eigenvalue weighted by molar-refractivity contribution is 0.478. The number of aryl methyl sites for hydroxylation is 1. The summed E-state index contributed by atoms with van der Waals surface area (Å²) in [7, 11) is 0. The van der Waals surface area contributed by atoms with E-state index < -0.39 is 0 Å². The smallest absolute Gasteiger partial charge is 0.0331 e. The van der Waals surface area contributed by atoms with Crippen LogP contribution in [0.3, 0.4) is 0 Å². The third kappa shape index (κ3) is 5.22. The molecule has 0 aliphatic heterocycles. The quantitative estimate of drug-likeness (QED) is 0.606. The van der Waals surface area contributed by atoms with Gasteiger partial charge in [0.25, 0.3) is 0 Å². The van der Waals surface area contributed by atoms with Crippen LogP contribution in [0.15, 0.2) is 11.4 Å². The molecular weight excluding hydrogens is 226 g/mol. The molecule has 1 nitrogen and oxygen atoms in total. The van der Waals surface area contributed by atoms with Crippen LogP contribution >= 0.6 is 11.3 Å². The molecule has 0 aliphatic carbocycles. The lowest BCUT2D eigenvalue weighted by Crippen LogP contribution is -2.20. The van der Waals surface area contributed by atoms with Gasteiger partial charge in [-0.2, -0.15) is 0 Å². The molecule has 1 rings (SSSR count). The van der Waals surface area contributed by atoms with Gasteiger partial charge in [0.05, 0.1) is 0 Å². The standard InChI is InChI=1S/C15H27NS/c1-4-6-7-8-9-10-15(16-5-2)14-11-12-17-13(14)3/h11-12,15-16H,4-10H2,1-3H3. The molecule has 0 aromatic carbocycles. The molecule has 1 unspecified atom stereocenters. The van der Waals surface area contributed by atoms with Gasteiger partial charge < -0.3 is 5.32 Å². The van der Waals surface area contributed by atoms with Crippen molar-refractivity contribution in [2.45, 2.75) is 65.3 Å². The van der Waals surface area contributed by atoms with Crippen molar-refractivity contribution in [3.63, 3.8) is 0 Å². The van der Waals surface area contributed by atoms with Gasteiger partial charge in [0.2, 0.25) is 0 Å². The molecule has 0 spiro atoms. The molecule has 0 saturated carbocycles. The maximum absolute atomic E-state index is 3.62. The van der Waals surface area contributed by atoms with Gasteiger partial charge >= 0.3 is 0 Å². The van der Waals surface area contributed by atoms with Crippen molar-refractivity contribution in [3.8, 4) is 0 Å². The Kier molecular flexibility index (Phi) is 7.54. The minimum absolute atomic E-state index is 0.577. The number of thiophene rings is 1. The number of hydrogen-bond donors (Lipinski definition) is 1. The zero-order valence-corrected chi connectivity index (χ0v) is 12.4. The van der Waals surface area contributed by atoms with Gasteiger partial charge in [-0.1, -0.05) is 46.0 Å². The van der Waals surface area contributed by atoms with E-state index in [1.807, 2.05) is 11.3 Å². The maximum Gasteiger partial charge on any atom is 0.0331 e. The van der Waals surface area contributed by atoms with Gasteiger partial charge in [-0.3, -0.25) is 0 Å². The Morgan fingerprint density at radius 2 is 1.94 bits per heavy atom. The summed E-state index contributed by atoms with van der Waals surface area (Å²) in [5.41, 5.74) is 1.52. The summed E-state index contributed by atoms with van der Waals surface area (Å²) in [6, 6.07) is 2.87. The molecule has 98 valence electrons. The first-order valence-electron chi connectivity index (χ1n) is 7.07. The van der Waals surface area contributed by atoms with Crippen LogP contribution in [0.25, 0.3) is 0 Å². The second kappa shape index (κ2) is 8.71. The number of rotatable bonds is 9. The van der Waals surface area contributed by atoms with Crippen LogP contribution in [-0.4, -0.2) is 6.54 Å². The summed E-state index contributed by atoms with van der Waals surface area (Å²) >= 11 is 1.87. The minimum Gasteiger partial charge on any atom is -0.310 e. The molecule has 1 heterocycles. The second-order valence-electron chi connectivity index (χ2n) is 4.75. The van der Waals surface area contributed by atoms with E-state index in [2.05, 4.69) is 37.5 Å². The molecule has 2 heteroatoms. The molecule has 0 radical (unpaired) electrons. The fourth-order valence-corrected chi connectivity index (χ4v) is 3.09. The molecule has 1 atom stereocenters. The highest BCUT2D eigenvalue weighted by Crippen LogP contribution is 2.26. The molecule has 0 aliphatic rings. The van der Waals surface area contributed by atoms with E-state index in [4.69, 9.17) is 0 Å². The van der Waals surface area contributed by atoms with Crippen LogP contribution in [0.1, 0.15) is 68.9 Å². The van der Waals surface area contributed by atoms with E-state index in [9.17, 15) is 0 Å². The van der Waals surface area contributed by atoms with Crippen LogP contribution in [0.4, 0.5) is 0 Å². The Labute approximate surface area is 111 Å².